The Hall–Kier alpha value is -1.07. The van der Waals surface area contributed by atoms with Gasteiger partial charge < -0.3 is 59.8 Å². The van der Waals surface area contributed by atoms with Gasteiger partial charge in [0.25, 0.3) is 0 Å². The van der Waals surface area contributed by atoms with Crippen LogP contribution in [0.1, 0.15) is 85.5 Å². The molecule has 292 valence electrons. The average Bonchev–Trinajstić information content (AvgIpc) is 3.41. The number of allylic oxidation sites excluding steroid dienone is 1. The monoisotopic (exact) mass is 726 g/mol. The SMILES string of the molecule is CC(CO)CCC(O)C(C)C1C(OC2OCC(O)C(OC3OC(CO)C(O)C(O)C3O)C2O)CC2C3CCC4=CC(=O)CCC4(C)C3CCC21C. The van der Waals surface area contributed by atoms with Crippen LogP contribution in [0.25, 0.3) is 0 Å². The van der Waals surface area contributed by atoms with Gasteiger partial charge in [-0.15, -0.1) is 0 Å². The van der Waals surface area contributed by atoms with Crippen LogP contribution in [0.5, 0.6) is 0 Å². The number of fused-ring (bicyclic) bond motifs is 5. The van der Waals surface area contributed by atoms with Crippen LogP contribution in [0.4, 0.5) is 0 Å². The Labute approximate surface area is 300 Å². The second-order valence-corrected chi connectivity index (χ2v) is 17.3. The number of hydrogen-bond acceptors (Lipinski definition) is 13. The summed E-state index contributed by atoms with van der Waals surface area (Å²) in [5.41, 5.74) is 1.07. The summed E-state index contributed by atoms with van der Waals surface area (Å²) in [4.78, 5) is 12.4. The lowest BCUT2D eigenvalue weighted by atomic mass is 9.46. The summed E-state index contributed by atoms with van der Waals surface area (Å²) in [6.07, 6.45) is -5.25. The van der Waals surface area contributed by atoms with Crippen LogP contribution in [-0.4, -0.2) is 134 Å². The topological polar surface area (TPSA) is 216 Å². The first-order valence-electron chi connectivity index (χ1n) is 19.3. The highest BCUT2D eigenvalue weighted by molar-refractivity contribution is 5.91. The van der Waals surface area contributed by atoms with E-state index in [0.717, 1.165) is 32.1 Å². The fourth-order valence-corrected chi connectivity index (χ4v) is 11.3. The molecule has 3 saturated carbocycles. The Bertz CT molecular complexity index is 1250. The molecule has 6 aliphatic rings. The number of carbonyl (C=O) groups excluding carboxylic acids is 1. The van der Waals surface area contributed by atoms with Gasteiger partial charge in [-0.3, -0.25) is 4.79 Å². The minimum atomic E-state index is -1.72. The second kappa shape index (κ2) is 15.6. The molecule has 19 unspecified atom stereocenters. The summed E-state index contributed by atoms with van der Waals surface area (Å²) < 4.78 is 24.0. The molecule has 2 heterocycles. The van der Waals surface area contributed by atoms with Crippen LogP contribution in [0.2, 0.25) is 0 Å². The maximum absolute atomic E-state index is 12.4. The quantitative estimate of drug-likeness (QED) is 0.148. The van der Waals surface area contributed by atoms with Crippen molar-refractivity contribution in [3.63, 3.8) is 0 Å². The zero-order chi connectivity index (χ0) is 37.0. The summed E-state index contributed by atoms with van der Waals surface area (Å²) in [5, 5.41) is 84.4. The van der Waals surface area contributed by atoms with Crippen molar-refractivity contribution < 1.29 is 64.6 Å². The third-order valence-corrected chi connectivity index (χ3v) is 14.4. The van der Waals surface area contributed by atoms with Gasteiger partial charge in [0.1, 0.15) is 42.7 Å². The van der Waals surface area contributed by atoms with E-state index in [-0.39, 0.29) is 53.5 Å². The lowest BCUT2D eigenvalue weighted by Gasteiger charge is -2.58. The van der Waals surface area contributed by atoms with Gasteiger partial charge in [0, 0.05) is 13.0 Å². The summed E-state index contributed by atoms with van der Waals surface area (Å²) in [6.45, 7) is 7.84. The molecule has 2 saturated heterocycles. The molecule has 0 bridgehead atoms. The zero-order valence-electron chi connectivity index (χ0n) is 30.5. The van der Waals surface area contributed by atoms with Gasteiger partial charge in [0.15, 0.2) is 18.4 Å². The van der Waals surface area contributed by atoms with Crippen LogP contribution in [0.15, 0.2) is 11.6 Å². The third-order valence-electron chi connectivity index (χ3n) is 14.4. The smallest absolute Gasteiger partial charge is 0.187 e. The lowest BCUT2D eigenvalue weighted by Crippen LogP contribution is -2.63. The molecular weight excluding hydrogens is 664 g/mol. The predicted octanol–water partition coefficient (Wildman–Crippen LogP) is 0.798. The van der Waals surface area contributed by atoms with Gasteiger partial charge in [0.05, 0.1) is 25.4 Å². The van der Waals surface area contributed by atoms with Crippen LogP contribution in [0, 0.1) is 46.3 Å². The van der Waals surface area contributed by atoms with Crippen molar-refractivity contribution >= 4 is 5.78 Å². The van der Waals surface area contributed by atoms with E-state index in [1.54, 1.807) is 0 Å². The van der Waals surface area contributed by atoms with E-state index < -0.39 is 74.1 Å². The molecule has 0 aromatic heterocycles. The first kappa shape index (κ1) is 39.6. The molecule has 0 aromatic rings. The minimum Gasteiger partial charge on any atom is -0.396 e. The lowest BCUT2D eigenvalue weighted by molar-refractivity contribution is -0.352. The van der Waals surface area contributed by atoms with Crippen molar-refractivity contribution in [2.24, 2.45) is 46.3 Å². The number of carbonyl (C=O) groups is 1. The Morgan fingerprint density at radius 3 is 2.35 bits per heavy atom. The summed E-state index contributed by atoms with van der Waals surface area (Å²) in [6, 6.07) is 0. The van der Waals surface area contributed by atoms with Crippen LogP contribution >= 0.6 is 0 Å². The molecular formula is C38H62O13. The van der Waals surface area contributed by atoms with Crippen LogP contribution in [0.3, 0.4) is 0 Å². The maximum atomic E-state index is 12.4. The van der Waals surface area contributed by atoms with Gasteiger partial charge >= 0.3 is 0 Å². The number of hydrogen-bond donors (Lipinski definition) is 8. The van der Waals surface area contributed by atoms with Crippen molar-refractivity contribution in [3.8, 4) is 0 Å². The Balaban J connectivity index is 1.24. The number of aliphatic hydroxyl groups excluding tert-OH is 8. The van der Waals surface area contributed by atoms with Gasteiger partial charge in [0.2, 0.25) is 0 Å². The summed E-state index contributed by atoms with van der Waals surface area (Å²) >= 11 is 0. The fraction of sp³-hybridized carbons (Fsp3) is 0.921. The van der Waals surface area contributed by atoms with Crippen molar-refractivity contribution in [1.82, 2.24) is 0 Å². The predicted molar refractivity (Wildman–Crippen MR) is 182 cm³/mol. The molecule has 0 aromatic carbocycles. The summed E-state index contributed by atoms with van der Waals surface area (Å²) in [5.74, 6) is 1.09. The maximum Gasteiger partial charge on any atom is 0.187 e. The van der Waals surface area contributed by atoms with Crippen molar-refractivity contribution in [3.05, 3.63) is 11.6 Å². The zero-order valence-corrected chi connectivity index (χ0v) is 30.5. The van der Waals surface area contributed by atoms with Gasteiger partial charge in [-0.25, -0.2) is 0 Å². The Morgan fingerprint density at radius 1 is 0.902 bits per heavy atom. The molecule has 8 N–H and O–H groups in total. The highest BCUT2D eigenvalue weighted by atomic mass is 16.7. The number of rotatable bonds is 11. The van der Waals surface area contributed by atoms with Gasteiger partial charge in [-0.2, -0.15) is 0 Å². The fourth-order valence-electron chi connectivity index (χ4n) is 11.3. The molecule has 5 fully saturated rings. The largest absolute Gasteiger partial charge is 0.396 e. The molecule has 13 nitrogen and oxygen atoms in total. The van der Waals surface area contributed by atoms with E-state index in [4.69, 9.17) is 18.9 Å². The van der Waals surface area contributed by atoms with Crippen molar-refractivity contribution in [2.75, 3.05) is 19.8 Å². The van der Waals surface area contributed by atoms with E-state index >= 15 is 0 Å². The molecule has 19 atom stereocenters. The second-order valence-electron chi connectivity index (χ2n) is 17.3. The number of aliphatic hydroxyl groups is 8. The van der Waals surface area contributed by atoms with E-state index in [2.05, 4.69) is 20.8 Å². The molecule has 13 heteroatoms. The highest BCUT2D eigenvalue weighted by Crippen LogP contribution is 2.68. The number of ether oxygens (including phenoxy) is 4. The van der Waals surface area contributed by atoms with E-state index in [9.17, 15) is 45.6 Å². The minimum absolute atomic E-state index is 0.0219. The molecule has 0 spiro atoms. The number of ketones is 1. The van der Waals surface area contributed by atoms with E-state index in [1.807, 2.05) is 13.0 Å². The first-order valence-corrected chi connectivity index (χ1v) is 19.3. The third kappa shape index (κ3) is 7.25. The van der Waals surface area contributed by atoms with Crippen LogP contribution in [-0.2, 0) is 23.7 Å². The molecule has 2 aliphatic heterocycles. The molecule has 6 rings (SSSR count). The Morgan fingerprint density at radius 2 is 1.65 bits per heavy atom. The normalized spacial score (nSPS) is 48.9. The molecule has 0 amide bonds. The van der Waals surface area contributed by atoms with Crippen molar-refractivity contribution in [1.29, 1.82) is 0 Å². The van der Waals surface area contributed by atoms with E-state index in [1.165, 1.54) is 5.57 Å². The first-order chi connectivity index (χ1) is 24.1. The molecule has 4 aliphatic carbocycles. The van der Waals surface area contributed by atoms with Gasteiger partial charge in [-0.1, -0.05) is 33.3 Å². The highest BCUT2D eigenvalue weighted by Gasteiger charge is 2.63. The molecule has 0 radical (unpaired) electrons. The molecule has 51 heavy (non-hydrogen) atoms. The van der Waals surface area contributed by atoms with Gasteiger partial charge in [-0.05, 0) is 104 Å². The van der Waals surface area contributed by atoms with Crippen molar-refractivity contribution in [2.45, 2.75) is 153 Å². The standard InChI is InChI=1S/C38H62O13/c1-18(15-39)5-8-25(42)19(2)29-27(14-24-22-7-6-20-13-21(41)9-11-37(20,3)23(22)10-12-38(24,29)4)49-35-33(47)34(26(43)17-48-35)51-36-32(46)31(45)30(44)28(16-40)50-36/h13,18-19,22-36,39-40,42-47H,5-12,14-17H2,1-4H3. The Kier molecular flexibility index (Phi) is 12.1. The average molecular weight is 727 g/mol. The van der Waals surface area contributed by atoms with Crippen LogP contribution < -0.4 is 0 Å². The summed E-state index contributed by atoms with van der Waals surface area (Å²) in [7, 11) is 0. The van der Waals surface area contributed by atoms with E-state index in [0.29, 0.717) is 37.5 Å².